The summed E-state index contributed by atoms with van der Waals surface area (Å²) in [5.74, 6) is -1.53. The third kappa shape index (κ3) is 17.0. The van der Waals surface area contributed by atoms with Gasteiger partial charge in [-0.25, -0.2) is 18.7 Å². The molecular weight excluding hydrogens is 1510 g/mol. The molecule has 4 N–H and O–H groups in total. The molecule has 608 valence electrons. The number of nitrogens with one attached hydrogen (secondary N) is 2. The molecule has 16 rings (SSSR count). The number of aryl methyl sites for hydroxylation is 4. The number of carboxylic acid groups (broad SMARTS) is 4. The molecule has 0 saturated carbocycles. The van der Waals surface area contributed by atoms with E-state index >= 15 is 0 Å². The van der Waals surface area contributed by atoms with Crippen LogP contribution < -0.4 is 61.2 Å². The molecule has 4 aliphatic carbocycles. The number of aromatic carboxylic acids is 4. The summed E-state index contributed by atoms with van der Waals surface area (Å²) in [5.41, 5.74) is 21.3. The van der Waals surface area contributed by atoms with Crippen molar-refractivity contribution in [1.29, 1.82) is 0 Å². The molecule has 0 aromatic heterocycles. The minimum atomic E-state index is -1.20. The number of hydrogen-bond donors (Lipinski definition) is 4. The van der Waals surface area contributed by atoms with Crippen molar-refractivity contribution in [3.05, 3.63) is 284 Å². The van der Waals surface area contributed by atoms with Crippen molar-refractivity contribution in [1.82, 2.24) is 9.15 Å². The molecule has 8 aromatic rings. The predicted molar refractivity (Wildman–Crippen MR) is 478 cm³/mol. The minimum Gasteiger partial charge on any atom is -0.545 e. The average molecular weight is 1600 g/mol. The van der Waals surface area contributed by atoms with Gasteiger partial charge < -0.3 is 68.1 Å². The lowest BCUT2D eigenvalue weighted by atomic mass is 9.89. The number of rotatable bonds is 16. The Morgan fingerprint density at radius 1 is 0.358 bits per heavy atom. The molecule has 0 amide bonds. The smallest absolute Gasteiger partial charge is 0.336 e. The van der Waals surface area contributed by atoms with Crippen LogP contribution in [0.25, 0.3) is 134 Å². The second-order valence-electron chi connectivity index (χ2n) is 30.2. The molecule has 120 heavy (non-hydrogen) atoms. The highest BCUT2D eigenvalue weighted by Gasteiger charge is 2.28. The molecular formula is C100H96N8O12. The van der Waals surface area contributed by atoms with E-state index in [4.69, 9.17) is 17.7 Å². The summed E-state index contributed by atoms with van der Waals surface area (Å²) in [6.45, 7) is 19.2. The topological polar surface area (TPSA) is 269 Å². The van der Waals surface area contributed by atoms with Crippen molar-refractivity contribution < 1.29 is 57.3 Å². The monoisotopic (exact) mass is 1600 g/mol. The third-order valence-corrected chi connectivity index (χ3v) is 21.3. The first-order valence-electron chi connectivity index (χ1n) is 39.8. The maximum absolute atomic E-state index is 12.0. The first-order valence-corrected chi connectivity index (χ1v) is 39.8. The van der Waals surface area contributed by atoms with Crippen LogP contribution in [0.4, 0.5) is 22.7 Å². The van der Waals surface area contributed by atoms with E-state index in [0.717, 1.165) is 146 Å². The Balaban J connectivity index is 0.000000138. The summed E-state index contributed by atoms with van der Waals surface area (Å²) in [6, 6.07) is 68.1. The van der Waals surface area contributed by atoms with Crippen LogP contribution in [0.3, 0.4) is 0 Å². The van der Waals surface area contributed by atoms with Crippen LogP contribution in [0.5, 0.6) is 0 Å². The molecule has 0 atom stereocenters. The number of carboxylic acids is 4. The molecule has 0 fully saturated rings. The van der Waals surface area contributed by atoms with Gasteiger partial charge in [0.1, 0.15) is 73.6 Å². The van der Waals surface area contributed by atoms with Gasteiger partial charge in [0.25, 0.3) is 0 Å². The van der Waals surface area contributed by atoms with Crippen LogP contribution in [0.1, 0.15) is 91.4 Å². The van der Waals surface area contributed by atoms with Crippen molar-refractivity contribution >= 4 is 90.5 Å². The normalized spacial score (nSPS) is 11.5. The second kappa shape index (κ2) is 35.6. The van der Waals surface area contributed by atoms with E-state index in [9.17, 15) is 39.6 Å². The van der Waals surface area contributed by atoms with Gasteiger partial charge in [0.05, 0.1) is 45.9 Å². The standard InChI is InChI=1S/2C26H26N2O3.2C24H22N2O3/c2*1-5-27-21-13-23-19(11-15(21)3)25(17-9-7-8-10-18(17)26(29)30)20-12-16(4)22(28-6-2)14-24(20)31-23;2*1-25(2)15-9-11-19-21(13-15)29-22-14-16(26(3)4)10-12-20(22)23(19)17-7-5-6-8-18(17)24(27)28/h2*7-14,27H,5-6H2,1-4H3,(H,29,30);2*5-14H,1-4H3. The zero-order valence-electron chi connectivity index (χ0n) is 70.3. The van der Waals surface area contributed by atoms with Crippen molar-refractivity contribution in [3.63, 3.8) is 0 Å². The van der Waals surface area contributed by atoms with Gasteiger partial charge in [0.2, 0.25) is 10.7 Å². The zero-order valence-corrected chi connectivity index (χ0v) is 70.3. The molecule has 0 spiro atoms. The lowest BCUT2D eigenvalue weighted by Crippen LogP contribution is -2.23. The van der Waals surface area contributed by atoms with E-state index < -0.39 is 23.9 Å². The Hall–Kier alpha value is -14.4. The summed E-state index contributed by atoms with van der Waals surface area (Å²) in [5, 5.41) is 57.3. The Morgan fingerprint density at radius 3 is 0.992 bits per heavy atom. The van der Waals surface area contributed by atoms with E-state index in [1.165, 1.54) is 0 Å². The van der Waals surface area contributed by atoms with Gasteiger partial charge in [0, 0.05) is 203 Å². The van der Waals surface area contributed by atoms with Crippen LogP contribution in [0.15, 0.2) is 246 Å². The van der Waals surface area contributed by atoms with Crippen LogP contribution in [0.2, 0.25) is 0 Å². The van der Waals surface area contributed by atoms with E-state index in [1.807, 2.05) is 275 Å². The van der Waals surface area contributed by atoms with Crippen molar-refractivity contribution in [3.8, 4) is 89.8 Å². The van der Waals surface area contributed by atoms with Gasteiger partial charge in [-0.3, -0.25) is 9.98 Å². The van der Waals surface area contributed by atoms with Gasteiger partial charge in [-0.15, -0.1) is 0 Å². The largest absolute Gasteiger partial charge is 0.545 e. The van der Waals surface area contributed by atoms with Crippen molar-refractivity contribution in [2.45, 2.75) is 55.4 Å². The molecule has 4 heterocycles. The number of benzene rings is 12. The van der Waals surface area contributed by atoms with Gasteiger partial charge in [-0.2, -0.15) is 0 Å². The Bertz CT molecular complexity index is 6460. The zero-order chi connectivity index (χ0) is 85.7. The molecule has 8 aliphatic rings. The number of fused-ring (bicyclic) bond motifs is 8. The molecule has 20 nitrogen and oxygen atoms in total. The predicted octanol–water partition coefficient (Wildman–Crippen LogP) is 17.1. The van der Waals surface area contributed by atoms with Crippen molar-refractivity contribution in [2.24, 2.45) is 9.98 Å². The minimum absolute atomic E-state index is 0.162. The molecule has 0 bridgehead atoms. The summed E-state index contributed by atoms with van der Waals surface area (Å²) >= 11 is 0. The van der Waals surface area contributed by atoms with Gasteiger partial charge >= 0.3 is 11.9 Å². The fraction of sp³-hybridized carbons (Fsp3) is 0.200. The number of hydrogen-bond acceptors (Lipinski definition) is 16. The van der Waals surface area contributed by atoms with Gasteiger partial charge in [-0.05, 0) is 173 Å². The lowest BCUT2D eigenvalue weighted by Gasteiger charge is -2.19. The Kier molecular flexibility index (Phi) is 24.8. The number of anilines is 4. The maximum atomic E-state index is 12.0. The quantitative estimate of drug-likeness (QED) is 0.0517. The third-order valence-electron chi connectivity index (χ3n) is 21.3. The average Bonchev–Trinajstić information content (AvgIpc) is 0.777. The fourth-order valence-corrected chi connectivity index (χ4v) is 15.4. The van der Waals surface area contributed by atoms with Crippen LogP contribution in [0, 0.1) is 27.7 Å². The SMILES string of the molecule is CCN=c1cc2oc3cc(NCC)c(C)cc3c(-c3ccccc3C(=O)O)c-2cc1C.CCN=c1cc2oc3cc(NCC)c(C)cc3c(-c3ccccc3C(=O)O)c-2cc1C.CN(C)c1ccc2c(-c3ccccc3C(=O)[O-])c3ccc(=[N+](C)C)cc-3oc2c1.CN(C)c1ccc2c(-c3ccccc3C(=O)[O-])c3ccc(=[N+](C)C)cc-3oc2c1. The summed E-state index contributed by atoms with van der Waals surface area (Å²) < 4.78 is 29.2. The highest BCUT2D eigenvalue weighted by atomic mass is 16.4. The molecule has 0 saturated heterocycles. The van der Waals surface area contributed by atoms with Crippen LogP contribution >= 0.6 is 0 Å². The van der Waals surface area contributed by atoms with E-state index in [2.05, 4.69) is 46.6 Å². The first-order chi connectivity index (χ1) is 57.6. The second-order valence-corrected chi connectivity index (χ2v) is 30.2. The molecule has 0 radical (unpaired) electrons. The number of carbonyl (C=O) groups is 4. The van der Waals surface area contributed by atoms with Crippen molar-refractivity contribution in [2.75, 3.05) is 103 Å². The van der Waals surface area contributed by atoms with Gasteiger partial charge in [0.15, 0.2) is 0 Å². The maximum Gasteiger partial charge on any atom is 0.336 e. The number of carbonyl (C=O) groups excluding carboxylic acids is 2. The Labute approximate surface area is 695 Å². The molecule has 8 aromatic carbocycles. The highest BCUT2D eigenvalue weighted by molar-refractivity contribution is 6.12. The summed E-state index contributed by atoms with van der Waals surface area (Å²) in [6.07, 6.45) is 0. The highest BCUT2D eigenvalue weighted by Crippen LogP contribution is 2.48. The fourth-order valence-electron chi connectivity index (χ4n) is 15.4. The summed E-state index contributed by atoms with van der Waals surface area (Å²) in [4.78, 5) is 60.8. The van der Waals surface area contributed by atoms with E-state index in [1.54, 1.807) is 48.5 Å². The van der Waals surface area contributed by atoms with E-state index in [-0.39, 0.29) is 22.3 Å². The first kappa shape index (κ1) is 83.5. The van der Waals surface area contributed by atoms with Crippen LogP contribution in [-0.4, -0.2) is 117 Å². The van der Waals surface area contributed by atoms with Crippen LogP contribution in [-0.2, 0) is 0 Å². The molecule has 4 aliphatic heterocycles. The molecule has 0 unspecified atom stereocenters. The van der Waals surface area contributed by atoms with E-state index in [0.29, 0.717) is 80.7 Å². The Morgan fingerprint density at radius 2 is 0.675 bits per heavy atom. The summed E-state index contributed by atoms with van der Waals surface area (Å²) in [7, 11) is 15.8. The van der Waals surface area contributed by atoms with Gasteiger partial charge in [-0.1, -0.05) is 84.9 Å². The molecule has 20 heteroatoms. The lowest BCUT2D eigenvalue weighted by molar-refractivity contribution is -0.256. The number of nitrogens with zero attached hydrogens (tertiary/aromatic N) is 6.